The van der Waals surface area contributed by atoms with Crippen molar-refractivity contribution < 1.29 is 9.18 Å². The van der Waals surface area contributed by atoms with Crippen LogP contribution in [-0.4, -0.2) is 55.5 Å². The van der Waals surface area contributed by atoms with Gasteiger partial charge in [-0.3, -0.25) is 4.79 Å². The highest BCUT2D eigenvalue weighted by molar-refractivity contribution is 5.97. The van der Waals surface area contributed by atoms with Crippen LogP contribution >= 0.6 is 0 Å². The summed E-state index contributed by atoms with van der Waals surface area (Å²) in [6.45, 7) is 5.81. The Labute approximate surface area is 183 Å². The third kappa shape index (κ3) is 2.93. The molecule has 162 valence electrons. The van der Waals surface area contributed by atoms with E-state index in [0.717, 1.165) is 38.2 Å². The molecule has 4 nitrogen and oxygen atoms in total. The number of Topliss-reactive ketones (excluding diaryl/α,β-unsaturated/α-hetero) is 1. The molecule has 0 N–H and O–H groups in total. The molecule has 0 unspecified atom stereocenters. The van der Waals surface area contributed by atoms with E-state index in [4.69, 9.17) is 0 Å². The number of aryl methyl sites for hydroxylation is 1. The van der Waals surface area contributed by atoms with Gasteiger partial charge in [0.2, 0.25) is 0 Å². The number of likely N-dealkylation sites (tertiary alicyclic amines) is 1. The van der Waals surface area contributed by atoms with Crippen molar-refractivity contribution in [2.45, 2.75) is 50.1 Å². The molecule has 2 aromatic rings. The minimum Gasteiger partial charge on any atom is -0.365 e. The number of para-hydroxylation sites is 1. The molecule has 0 radical (unpaired) electrons. The van der Waals surface area contributed by atoms with Gasteiger partial charge in [-0.2, -0.15) is 0 Å². The van der Waals surface area contributed by atoms with Crippen molar-refractivity contribution in [3.63, 3.8) is 0 Å². The van der Waals surface area contributed by atoms with E-state index in [1.54, 1.807) is 6.07 Å². The minimum absolute atomic E-state index is 0.116. The van der Waals surface area contributed by atoms with Crippen LogP contribution in [-0.2, 0) is 0 Å². The number of benzene rings is 2. The summed E-state index contributed by atoms with van der Waals surface area (Å²) in [6.07, 6.45) is 4.25. The molecular weight excluding hydrogens is 389 g/mol. The summed E-state index contributed by atoms with van der Waals surface area (Å²) >= 11 is 0. The van der Waals surface area contributed by atoms with Crippen LogP contribution in [0, 0.1) is 12.7 Å². The lowest BCUT2D eigenvalue weighted by atomic mass is 9.88. The molecule has 3 heterocycles. The van der Waals surface area contributed by atoms with Crippen molar-refractivity contribution in [3.05, 3.63) is 58.9 Å². The smallest absolute Gasteiger partial charge is 0.164 e. The summed E-state index contributed by atoms with van der Waals surface area (Å²) in [5.74, 6) is 0.357. The number of rotatable bonds is 4. The zero-order valence-electron chi connectivity index (χ0n) is 18.4. The van der Waals surface area contributed by atoms with Gasteiger partial charge >= 0.3 is 0 Å². The summed E-state index contributed by atoms with van der Waals surface area (Å²) in [4.78, 5) is 20.5. The van der Waals surface area contributed by atoms with Crippen LogP contribution < -0.4 is 9.80 Å². The van der Waals surface area contributed by atoms with Gasteiger partial charge in [-0.1, -0.05) is 12.1 Å². The van der Waals surface area contributed by atoms with Gasteiger partial charge in [-0.05, 0) is 61.6 Å². The standard InChI is InChI=1S/C26H30FN3O/c1-17-14-18(27)6-7-19(17)24(31)9-13-29-12-8-22-21(15-29)20-4-3-5-23-25(20)30(22)16-26(10-11-26)28(23)2/h3-7,14,21-22H,8-13,15-16H2,1-2H3/t21-,22-/m0/s1. The largest absolute Gasteiger partial charge is 0.365 e. The maximum atomic E-state index is 13.4. The van der Waals surface area contributed by atoms with Gasteiger partial charge in [0.25, 0.3) is 0 Å². The predicted molar refractivity (Wildman–Crippen MR) is 122 cm³/mol. The topological polar surface area (TPSA) is 26.8 Å². The van der Waals surface area contributed by atoms with Crippen molar-refractivity contribution >= 4 is 17.2 Å². The molecule has 0 bridgehead atoms. The maximum Gasteiger partial charge on any atom is 0.164 e. The molecule has 31 heavy (non-hydrogen) atoms. The van der Waals surface area contributed by atoms with Crippen LogP contribution in [0.1, 0.15) is 53.1 Å². The number of piperidine rings is 1. The van der Waals surface area contributed by atoms with Gasteiger partial charge in [-0.15, -0.1) is 0 Å². The van der Waals surface area contributed by atoms with E-state index in [9.17, 15) is 9.18 Å². The molecule has 0 amide bonds. The molecule has 2 aromatic carbocycles. The molecule has 1 saturated heterocycles. The zero-order chi connectivity index (χ0) is 21.3. The number of nitrogens with zero attached hydrogens (tertiary/aromatic N) is 3. The number of ketones is 1. The van der Waals surface area contributed by atoms with Crippen LogP contribution in [0.25, 0.3) is 0 Å². The minimum atomic E-state index is -0.282. The maximum absolute atomic E-state index is 13.4. The normalized spacial score (nSPS) is 25.5. The second-order valence-electron chi connectivity index (χ2n) is 10.0. The predicted octanol–water partition coefficient (Wildman–Crippen LogP) is 4.37. The van der Waals surface area contributed by atoms with Crippen molar-refractivity contribution in [1.29, 1.82) is 0 Å². The SMILES string of the molecule is Cc1cc(F)ccc1C(=O)CCN1CC[C@H]2[C@@H](C1)c1cccc3c1N2CC1(CC1)N3C. The molecule has 3 aliphatic heterocycles. The third-order valence-corrected chi connectivity index (χ3v) is 8.30. The van der Waals surface area contributed by atoms with Crippen molar-refractivity contribution in [3.8, 4) is 0 Å². The van der Waals surface area contributed by atoms with E-state index in [0.29, 0.717) is 29.5 Å². The Morgan fingerprint density at radius 1 is 1.23 bits per heavy atom. The molecular formula is C26H30FN3O. The van der Waals surface area contributed by atoms with Crippen LogP contribution in [0.15, 0.2) is 36.4 Å². The number of hydrogen-bond acceptors (Lipinski definition) is 4. The first-order chi connectivity index (χ1) is 15.0. The monoisotopic (exact) mass is 419 g/mol. The Kier molecular flexibility index (Phi) is 4.23. The van der Waals surface area contributed by atoms with Crippen molar-refractivity contribution in [2.24, 2.45) is 0 Å². The van der Waals surface area contributed by atoms with Crippen LogP contribution in [0.2, 0.25) is 0 Å². The molecule has 2 atom stereocenters. The second kappa shape index (κ2) is 6.80. The Bertz CT molecular complexity index is 1060. The van der Waals surface area contributed by atoms with Crippen LogP contribution in [0.5, 0.6) is 0 Å². The fraction of sp³-hybridized carbons (Fsp3) is 0.500. The number of anilines is 2. The van der Waals surface area contributed by atoms with E-state index in [1.165, 1.54) is 41.9 Å². The summed E-state index contributed by atoms with van der Waals surface area (Å²) < 4.78 is 13.4. The van der Waals surface area contributed by atoms with E-state index < -0.39 is 0 Å². The van der Waals surface area contributed by atoms with Gasteiger partial charge in [-0.25, -0.2) is 4.39 Å². The fourth-order valence-electron chi connectivity index (χ4n) is 6.33. The first-order valence-corrected chi connectivity index (χ1v) is 11.6. The average molecular weight is 420 g/mol. The highest BCUT2D eigenvalue weighted by atomic mass is 19.1. The van der Waals surface area contributed by atoms with Gasteiger partial charge in [0.05, 0.1) is 16.9 Å². The lowest BCUT2D eigenvalue weighted by Gasteiger charge is -2.46. The molecule has 4 aliphatic rings. The molecule has 1 spiro atoms. The number of hydrogen-bond donors (Lipinski definition) is 0. The zero-order valence-corrected chi connectivity index (χ0v) is 18.4. The summed E-state index contributed by atoms with van der Waals surface area (Å²) in [5.41, 5.74) is 6.11. The number of halogens is 1. The Balaban J connectivity index is 1.18. The lowest BCUT2D eigenvalue weighted by Crippen LogP contribution is -2.54. The van der Waals surface area contributed by atoms with E-state index in [1.807, 2.05) is 6.92 Å². The highest BCUT2D eigenvalue weighted by Gasteiger charge is 2.56. The van der Waals surface area contributed by atoms with Gasteiger partial charge in [0.1, 0.15) is 5.82 Å². The van der Waals surface area contributed by atoms with Crippen molar-refractivity contribution in [1.82, 2.24) is 4.90 Å². The molecule has 1 aliphatic carbocycles. The lowest BCUT2D eigenvalue weighted by molar-refractivity contribution is 0.0952. The van der Waals surface area contributed by atoms with Gasteiger partial charge in [0.15, 0.2) is 5.78 Å². The fourth-order valence-corrected chi connectivity index (χ4v) is 6.33. The summed E-state index contributed by atoms with van der Waals surface area (Å²) in [6, 6.07) is 11.9. The second-order valence-corrected chi connectivity index (χ2v) is 10.0. The first kappa shape index (κ1) is 19.3. The van der Waals surface area contributed by atoms with Crippen LogP contribution in [0.3, 0.4) is 0 Å². The molecule has 0 aromatic heterocycles. The van der Waals surface area contributed by atoms with Crippen molar-refractivity contribution in [2.75, 3.05) is 43.0 Å². The van der Waals surface area contributed by atoms with Gasteiger partial charge in [0, 0.05) is 57.2 Å². The average Bonchev–Trinajstić information content (AvgIpc) is 3.47. The number of fused-ring (bicyclic) bond motifs is 3. The quantitative estimate of drug-likeness (QED) is 0.688. The summed E-state index contributed by atoms with van der Waals surface area (Å²) in [7, 11) is 2.28. The number of carbonyl (C=O) groups excluding carboxylic acids is 1. The van der Waals surface area contributed by atoms with E-state index in [-0.39, 0.29) is 11.6 Å². The number of carbonyl (C=O) groups is 1. The Morgan fingerprint density at radius 2 is 2.06 bits per heavy atom. The van der Waals surface area contributed by atoms with Gasteiger partial charge < -0.3 is 14.7 Å². The highest BCUT2D eigenvalue weighted by Crippen LogP contribution is 2.57. The van der Waals surface area contributed by atoms with Crippen LogP contribution in [0.4, 0.5) is 15.8 Å². The van der Waals surface area contributed by atoms with E-state index >= 15 is 0 Å². The van der Waals surface area contributed by atoms with E-state index in [2.05, 4.69) is 39.9 Å². The molecule has 1 saturated carbocycles. The summed E-state index contributed by atoms with van der Waals surface area (Å²) in [5, 5.41) is 0. The third-order valence-electron chi connectivity index (χ3n) is 8.30. The molecule has 6 rings (SSSR count). The number of likely N-dealkylation sites (N-methyl/N-ethyl adjacent to an activating group) is 1. The Hall–Kier alpha value is -2.40. The molecule has 2 fully saturated rings. The molecule has 5 heteroatoms. The first-order valence-electron chi connectivity index (χ1n) is 11.6. The Morgan fingerprint density at radius 3 is 2.84 bits per heavy atom.